The maximum Gasteiger partial charge on any atom is 0.109 e. The van der Waals surface area contributed by atoms with E-state index in [4.69, 9.17) is 0 Å². The normalized spacial score (nSPS) is 20.2. The van der Waals surface area contributed by atoms with Gasteiger partial charge in [0.05, 0.1) is 0 Å². The van der Waals surface area contributed by atoms with Crippen molar-refractivity contribution in [2.24, 2.45) is 12.5 Å². The molecule has 1 atom stereocenters. The van der Waals surface area contributed by atoms with Gasteiger partial charge in [-0.1, -0.05) is 26.7 Å². The SMILES string of the molecule is CCCNC(Cc1nccn1C)C1(C)CCCC1. The molecule has 18 heavy (non-hydrogen) atoms. The maximum atomic E-state index is 4.49. The van der Waals surface area contributed by atoms with Gasteiger partial charge in [0.25, 0.3) is 0 Å². The number of nitrogens with one attached hydrogen (secondary N) is 1. The fraction of sp³-hybridized carbons (Fsp3) is 0.800. The molecule has 1 saturated carbocycles. The largest absolute Gasteiger partial charge is 0.338 e. The summed E-state index contributed by atoms with van der Waals surface area (Å²) in [5.41, 5.74) is 0.459. The lowest BCUT2D eigenvalue weighted by molar-refractivity contribution is 0.216. The fourth-order valence-corrected chi connectivity index (χ4v) is 3.19. The minimum absolute atomic E-state index is 0.459. The number of aromatic nitrogens is 2. The lowest BCUT2D eigenvalue weighted by Crippen LogP contribution is -2.44. The first-order valence-electron chi connectivity index (χ1n) is 7.35. The van der Waals surface area contributed by atoms with Gasteiger partial charge in [-0.05, 0) is 31.2 Å². The van der Waals surface area contributed by atoms with Gasteiger partial charge in [0.15, 0.2) is 0 Å². The summed E-state index contributed by atoms with van der Waals surface area (Å²) in [7, 11) is 2.09. The molecule has 3 heteroatoms. The molecular weight excluding hydrogens is 222 g/mol. The lowest BCUT2D eigenvalue weighted by Gasteiger charge is -2.35. The molecule has 0 bridgehead atoms. The molecule has 0 aromatic carbocycles. The third-order valence-corrected chi connectivity index (χ3v) is 4.54. The van der Waals surface area contributed by atoms with E-state index in [-0.39, 0.29) is 0 Å². The third-order valence-electron chi connectivity index (χ3n) is 4.54. The van der Waals surface area contributed by atoms with Crippen LogP contribution in [0.2, 0.25) is 0 Å². The molecule has 1 heterocycles. The van der Waals surface area contributed by atoms with E-state index < -0.39 is 0 Å². The molecule has 0 spiro atoms. The van der Waals surface area contributed by atoms with Crippen LogP contribution in [0.5, 0.6) is 0 Å². The highest BCUT2D eigenvalue weighted by molar-refractivity contribution is 5.00. The summed E-state index contributed by atoms with van der Waals surface area (Å²) in [5, 5.41) is 3.76. The molecule has 3 nitrogen and oxygen atoms in total. The highest BCUT2D eigenvalue weighted by Gasteiger charge is 2.37. The zero-order chi connectivity index (χ0) is 13.0. The Labute approximate surface area is 111 Å². The van der Waals surface area contributed by atoms with Gasteiger partial charge in [0, 0.05) is 31.9 Å². The average molecular weight is 249 g/mol. The summed E-state index contributed by atoms with van der Waals surface area (Å²) in [6.45, 7) is 5.81. The minimum atomic E-state index is 0.459. The monoisotopic (exact) mass is 249 g/mol. The zero-order valence-electron chi connectivity index (χ0n) is 12.1. The van der Waals surface area contributed by atoms with Crippen LogP contribution in [0.15, 0.2) is 12.4 Å². The van der Waals surface area contributed by atoms with E-state index in [0.717, 1.165) is 13.0 Å². The summed E-state index contributed by atoms with van der Waals surface area (Å²) < 4.78 is 2.15. The summed E-state index contributed by atoms with van der Waals surface area (Å²) in [4.78, 5) is 4.49. The van der Waals surface area contributed by atoms with Gasteiger partial charge in [0.1, 0.15) is 5.82 Å². The number of imidazole rings is 1. The number of hydrogen-bond acceptors (Lipinski definition) is 2. The Balaban J connectivity index is 2.07. The maximum absolute atomic E-state index is 4.49. The molecule has 0 radical (unpaired) electrons. The molecule has 1 fully saturated rings. The Bertz CT molecular complexity index is 364. The van der Waals surface area contributed by atoms with E-state index in [0.29, 0.717) is 11.5 Å². The Hall–Kier alpha value is -0.830. The minimum Gasteiger partial charge on any atom is -0.338 e. The second-order valence-electron chi connectivity index (χ2n) is 6.03. The van der Waals surface area contributed by atoms with Crippen molar-refractivity contribution < 1.29 is 0 Å². The molecule has 0 aliphatic heterocycles. The van der Waals surface area contributed by atoms with Gasteiger partial charge >= 0.3 is 0 Å². The molecule has 1 aromatic rings. The quantitative estimate of drug-likeness (QED) is 0.840. The van der Waals surface area contributed by atoms with Crippen molar-refractivity contribution in [2.75, 3.05) is 6.54 Å². The topological polar surface area (TPSA) is 29.9 Å². The van der Waals surface area contributed by atoms with E-state index in [1.807, 2.05) is 12.4 Å². The molecule has 0 saturated heterocycles. The number of hydrogen-bond donors (Lipinski definition) is 1. The van der Waals surface area contributed by atoms with Crippen molar-refractivity contribution in [1.82, 2.24) is 14.9 Å². The van der Waals surface area contributed by atoms with Crippen molar-refractivity contribution in [2.45, 2.75) is 58.4 Å². The number of aryl methyl sites for hydroxylation is 1. The van der Waals surface area contributed by atoms with Crippen molar-refractivity contribution in [3.63, 3.8) is 0 Å². The number of nitrogens with zero attached hydrogens (tertiary/aromatic N) is 2. The van der Waals surface area contributed by atoms with Crippen LogP contribution in [-0.2, 0) is 13.5 Å². The molecule has 2 rings (SSSR count). The summed E-state index contributed by atoms with van der Waals surface area (Å²) in [5.74, 6) is 1.21. The van der Waals surface area contributed by atoms with Gasteiger partial charge in [0.2, 0.25) is 0 Å². The van der Waals surface area contributed by atoms with Crippen LogP contribution >= 0.6 is 0 Å². The predicted octanol–water partition coefficient (Wildman–Crippen LogP) is 2.91. The van der Waals surface area contributed by atoms with Gasteiger partial charge in [-0.2, -0.15) is 0 Å². The summed E-state index contributed by atoms with van der Waals surface area (Å²) in [6.07, 6.45) is 11.7. The van der Waals surface area contributed by atoms with E-state index in [9.17, 15) is 0 Å². The van der Waals surface area contributed by atoms with E-state index >= 15 is 0 Å². The molecule has 1 aliphatic rings. The summed E-state index contributed by atoms with van der Waals surface area (Å²) in [6, 6.07) is 0.570. The molecular formula is C15H27N3. The predicted molar refractivity (Wildman–Crippen MR) is 75.6 cm³/mol. The van der Waals surface area contributed by atoms with Crippen LogP contribution in [0.25, 0.3) is 0 Å². The van der Waals surface area contributed by atoms with Crippen LogP contribution in [0.3, 0.4) is 0 Å². The van der Waals surface area contributed by atoms with Crippen molar-refractivity contribution >= 4 is 0 Å². The number of rotatable bonds is 6. The first-order valence-corrected chi connectivity index (χ1v) is 7.35. The molecule has 1 unspecified atom stereocenters. The van der Waals surface area contributed by atoms with Crippen LogP contribution < -0.4 is 5.32 Å². The average Bonchev–Trinajstić information content (AvgIpc) is 2.95. The highest BCUT2D eigenvalue weighted by Crippen LogP contribution is 2.41. The zero-order valence-corrected chi connectivity index (χ0v) is 12.1. The lowest BCUT2D eigenvalue weighted by atomic mass is 9.79. The van der Waals surface area contributed by atoms with Gasteiger partial charge in [-0.3, -0.25) is 0 Å². The fourth-order valence-electron chi connectivity index (χ4n) is 3.19. The molecule has 102 valence electrons. The van der Waals surface area contributed by atoms with Gasteiger partial charge in [-0.15, -0.1) is 0 Å². The molecule has 1 aromatic heterocycles. The second kappa shape index (κ2) is 5.87. The molecule has 1 N–H and O–H groups in total. The first kappa shape index (κ1) is 13.6. The van der Waals surface area contributed by atoms with E-state index in [1.165, 1.54) is 37.9 Å². The van der Waals surface area contributed by atoms with Crippen molar-refractivity contribution in [1.29, 1.82) is 0 Å². The van der Waals surface area contributed by atoms with Crippen molar-refractivity contribution in [3.8, 4) is 0 Å². The Morgan fingerprint density at radius 1 is 1.44 bits per heavy atom. The van der Waals surface area contributed by atoms with E-state index in [1.54, 1.807) is 0 Å². The van der Waals surface area contributed by atoms with Gasteiger partial charge < -0.3 is 9.88 Å². The standard InChI is InChI=1S/C15H27N3/c1-4-9-16-13(15(2)7-5-6-8-15)12-14-17-10-11-18(14)3/h10-11,13,16H,4-9,12H2,1-3H3. The first-order chi connectivity index (χ1) is 8.65. The Morgan fingerprint density at radius 3 is 2.72 bits per heavy atom. The smallest absolute Gasteiger partial charge is 0.109 e. The van der Waals surface area contributed by atoms with Gasteiger partial charge in [-0.25, -0.2) is 4.98 Å². The van der Waals surface area contributed by atoms with Crippen LogP contribution in [0, 0.1) is 5.41 Å². The highest BCUT2D eigenvalue weighted by atomic mass is 15.0. The molecule has 1 aliphatic carbocycles. The Kier molecular flexibility index (Phi) is 4.44. The molecule has 0 amide bonds. The van der Waals surface area contributed by atoms with Crippen LogP contribution in [-0.4, -0.2) is 22.1 Å². The second-order valence-corrected chi connectivity index (χ2v) is 6.03. The summed E-state index contributed by atoms with van der Waals surface area (Å²) >= 11 is 0. The van der Waals surface area contributed by atoms with Crippen LogP contribution in [0.1, 0.15) is 51.8 Å². The Morgan fingerprint density at radius 2 is 2.17 bits per heavy atom. The van der Waals surface area contributed by atoms with Crippen molar-refractivity contribution in [3.05, 3.63) is 18.2 Å². The van der Waals surface area contributed by atoms with E-state index in [2.05, 4.69) is 35.8 Å². The van der Waals surface area contributed by atoms with Crippen LogP contribution in [0.4, 0.5) is 0 Å². The third kappa shape index (κ3) is 2.94.